The minimum atomic E-state index is 0.588. The molecule has 1 fully saturated rings. The zero-order chi connectivity index (χ0) is 12.4. The van der Waals surface area contributed by atoms with Gasteiger partial charge in [-0.3, -0.25) is 0 Å². The van der Waals surface area contributed by atoms with Gasteiger partial charge in [0.15, 0.2) is 0 Å². The summed E-state index contributed by atoms with van der Waals surface area (Å²) >= 11 is 7.98. The van der Waals surface area contributed by atoms with Crippen LogP contribution in [0.1, 0.15) is 12.8 Å². The number of halogens is 1. The minimum Gasteiger partial charge on any atom is -0.317 e. The van der Waals surface area contributed by atoms with Crippen molar-refractivity contribution in [1.82, 2.24) is 10.3 Å². The number of piperidine rings is 1. The zero-order valence-corrected chi connectivity index (χ0v) is 11.6. The number of fused-ring (bicyclic) bond motifs is 1. The van der Waals surface area contributed by atoms with Crippen LogP contribution in [-0.2, 0) is 0 Å². The van der Waals surface area contributed by atoms with Crippen molar-refractivity contribution < 1.29 is 0 Å². The molecule has 1 aromatic heterocycles. The van der Waals surface area contributed by atoms with E-state index in [1.165, 1.54) is 23.6 Å². The molecule has 0 amide bonds. The number of rotatable bonds is 2. The number of aromatic nitrogens is 1. The maximum Gasteiger partial charge on any atom is 0.131 e. The maximum absolute atomic E-state index is 6.10. The Morgan fingerprint density at radius 1 is 1.22 bits per heavy atom. The van der Waals surface area contributed by atoms with Crippen LogP contribution in [0.3, 0.4) is 0 Å². The lowest BCUT2D eigenvalue weighted by atomic mass is 10.2. The molecule has 2 heterocycles. The zero-order valence-electron chi connectivity index (χ0n) is 10.0. The third kappa shape index (κ3) is 2.63. The van der Waals surface area contributed by atoms with Gasteiger partial charge in [0.1, 0.15) is 10.2 Å². The first-order valence-electron chi connectivity index (χ1n) is 6.25. The third-order valence-electron chi connectivity index (χ3n) is 3.24. The summed E-state index contributed by atoms with van der Waals surface area (Å²) in [7, 11) is 0. The van der Waals surface area contributed by atoms with Crippen LogP contribution < -0.4 is 5.32 Å². The summed E-state index contributed by atoms with van der Waals surface area (Å²) in [6.07, 6.45) is 2.40. The lowest BCUT2D eigenvalue weighted by Crippen LogP contribution is -2.29. The van der Waals surface area contributed by atoms with Crippen LogP contribution in [0.25, 0.3) is 10.8 Å². The highest BCUT2D eigenvalue weighted by molar-refractivity contribution is 8.00. The molecule has 0 atom stereocenters. The SMILES string of the molecule is Clc1cc2ccccc2c(SC2CCNCC2)n1. The Hall–Kier alpha value is -0.770. The highest BCUT2D eigenvalue weighted by Gasteiger charge is 2.16. The number of pyridine rings is 1. The molecule has 2 nitrogen and oxygen atoms in total. The molecule has 1 aliphatic rings. The van der Waals surface area contributed by atoms with Crippen LogP contribution in [-0.4, -0.2) is 23.3 Å². The van der Waals surface area contributed by atoms with Gasteiger partial charge in [-0.25, -0.2) is 4.98 Å². The van der Waals surface area contributed by atoms with E-state index in [1.54, 1.807) is 0 Å². The van der Waals surface area contributed by atoms with Crippen molar-refractivity contribution in [2.24, 2.45) is 0 Å². The van der Waals surface area contributed by atoms with Crippen LogP contribution in [0.2, 0.25) is 5.15 Å². The lowest BCUT2D eigenvalue weighted by molar-refractivity contribution is 0.531. The molecule has 3 rings (SSSR count). The minimum absolute atomic E-state index is 0.588. The summed E-state index contributed by atoms with van der Waals surface area (Å²) in [5.74, 6) is 0. The van der Waals surface area contributed by atoms with Crippen LogP contribution in [0.5, 0.6) is 0 Å². The Bertz CT molecular complexity index is 552. The van der Waals surface area contributed by atoms with Gasteiger partial charge in [0.25, 0.3) is 0 Å². The quantitative estimate of drug-likeness (QED) is 0.848. The number of nitrogens with zero attached hydrogens (tertiary/aromatic N) is 1. The smallest absolute Gasteiger partial charge is 0.131 e. The second kappa shape index (κ2) is 5.47. The van der Waals surface area contributed by atoms with E-state index in [0.29, 0.717) is 10.4 Å². The summed E-state index contributed by atoms with van der Waals surface area (Å²) in [6, 6.07) is 10.3. The Morgan fingerprint density at radius 2 is 2.00 bits per heavy atom. The van der Waals surface area contributed by atoms with Crippen molar-refractivity contribution in [2.75, 3.05) is 13.1 Å². The van der Waals surface area contributed by atoms with Crippen molar-refractivity contribution in [2.45, 2.75) is 23.1 Å². The molecule has 1 aliphatic heterocycles. The number of benzene rings is 1. The first-order chi connectivity index (χ1) is 8.83. The first kappa shape index (κ1) is 12.3. The third-order valence-corrected chi connectivity index (χ3v) is 4.77. The van der Waals surface area contributed by atoms with Crippen molar-refractivity contribution in [1.29, 1.82) is 0 Å². The predicted molar refractivity (Wildman–Crippen MR) is 78.5 cm³/mol. The second-order valence-corrected chi connectivity index (χ2v) is 6.21. The van der Waals surface area contributed by atoms with Gasteiger partial charge in [-0.1, -0.05) is 35.9 Å². The largest absolute Gasteiger partial charge is 0.317 e. The Labute approximate surface area is 116 Å². The van der Waals surface area contributed by atoms with Crippen molar-refractivity contribution >= 4 is 34.1 Å². The summed E-state index contributed by atoms with van der Waals surface area (Å²) < 4.78 is 0. The highest BCUT2D eigenvalue weighted by atomic mass is 35.5. The highest BCUT2D eigenvalue weighted by Crippen LogP contribution is 2.33. The van der Waals surface area contributed by atoms with Crippen LogP contribution in [0.4, 0.5) is 0 Å². The fourth-order valence-electron chi connectivity index (χ4n) is 2.30. The van der Waals surface area contributed by atoms with Gasteiger partial charge in [0, 0.05) is 10.6 Å². The summed E-state index contributed by atoms with van der Waals surface area (Å²) in [6.45, 7) is 2.21. The standard InChI is InChI=1S/C14H15ClN2S/c15-13-9-10-3-1-2-4-12(10)14(17-13)18-11-5-7-16-8-6-11/h1-4,9,11,16H,5-8H2. The molecule has 0 saturated carbocycles. The van der Waals surface area contributed by atoms with Gasteiger partial charge < -0.3 is 5.32 Å². The van der Waals surface area contributed by atoms with Gasteiger partial charge in [-0.2, -0.15) is 0 Å². The summed E-state index contributed by atoms with van der Waals surface area (Å²) in [4.78, 5) is 4.50. The predicted octanol–water partition coefficient (Wildman–Crippen LogP) is 3.73. The van der Waals surface area contributed by atoms with Crippen molar-refractivity contribution in [3.05, 3.63) is 35.5 Å². The normalized spacial score (nSPS) is 17.2. The van der Waals surface area contributed by atoms with Gasteiger partial charge >= 0.3 is 0 Å². The molecule has 0 bridgehead atoms. The van der Waals surface area contributed by atoms with Crippen molar-refractivity contribution in [3.8, 4) is 0 Å². The Balaban J connectivity index is 1.94. The number of nitrogens with one attached hydrogen (secondary N) is 1. The number of hydrogen-bond acceptors (Lipinski definition) is 3. The molecule has 18 heavy (non-hydrogen) atoms. The fourth-order valence-corrected chi connectivity index (χ4v) is 3.80. The lowest BCUT2D eigenvalue weighted by Gasteiger charge is -2.22. The molecule has 1 N–H and O–H groups in total. The molecular weight excluding hydrogens is 264 g/mol. The molecule has 0 spiro atoms. The molecule has 0 aliphatic carbocycles. The Kier molecular flexibility index (Phi) is 3.73. The van der Waals surface area contributed by atoms with Crippen LogP contribution >= 0.6 is 23.4 Å². The average Bonchev–Trinajstić information content (AvgIpc) is 2.40. The van der Waals surface area contributed by atoms with Gasteiger partial charge in [0.05, 0.1) is 0 Å². The molecule has 1 saturated heterocycles. The molecule has 1 aromatic carbocycles. The van der Waals surface area contributed by atoms with E-state index in [4.69, 9.17) is 11.6 Å². The van der Waals surface area contributed by atoms with Gasteiger partial charge in [-0.05, 0) is 37.4 Å². The van der Waals surface area contributed by atoms with E-state index in [0.717, 1.165) is 18.1 Å². The van der Waals surface area contributed by atoms with E-state index in [1.807, 2.05) is 23.9 Å². The Morgan fingerprint density at radius 3 is 2.83 bits per heavy atom. The monoisotopic (exact) mass is 278 g/mol. The van der Waals surface area contributed by atoms with Gasteiger partial charge in [0.2, 0.25) is 0 Å². The number of thioether (sulfide) groups is 1. The first-order valence-corrected chi connectivity index (χ1v) is 7.51. The second-order valence-electron chi connectivity index (χ2n) is 4.54. The summed E-state index contributed by atoms with van der Waals surface area (Å²) in [5.41, 5.74) is 0. The van der Waals surface area contributed by atoms with E-state index in [2.05, 4.69) is 28.5 Å². The van der Waals surface area contributed by atoms with Crippen LogP contribution in [0, 0.1) is 0 Å². The van der Waals surface area contributed by atoms with Crippen molar-refractivity contribution in [3.63, 3.8) is 0 Å². The van der Waals surface area contributed by atoms with E-state index in [9.17, 15) is 0 Å². The van der Waals surface area contributed by atoms with E-state index >= 15 is 0 Å². The maximum atomic E-state index is 6.10. The molecule has 2 aromatic rings. The average molecular weight is 279 g/mol. The molecule has 94 valence electrons. The molecule has 4 heteroatoms. The molecule has 0 radical (unpaired) electrons. The number of hydrogen-bond donors (Lipinski definition) is 1. The summed E-state index contributed by atoms with van der Waals surface area (Å²) in [5, 5.41) is 8.09. The van der Waals surface area contributed by atoms with Gasteiger partial charge in [-0.15, -0.1) is 11.8 Å². The topological polar surface area (TPSA) is 24.9 Å². The van der Waals surface area contributed by atoms with E-state index in [-0.39, 0.29) is 0 Å². The fraction of sp³-hybridized carbons (Fsp3) is 0.357. The molecule has 0 unspecified atom stereocenters. The van der Waals surface area contributed by atoms with Crippen LogP contribution in [0.15, 0.2) is 35.4 Å². The molecular formula is C14H15ClN2S. The van der Waals surface area contributed by atoms with E-state index < -0.39 is 0 Å².